The highest BCUT2D eigenvalue weighted by molar-refractivity contribution is 7.89. The zero-order chi connectivity index (χ0) is 21.7. The Morgan fingerprint density at radius 3 is 2.61 bits per heavy atom. The number of hydrogen-bond acceptors (Lipinski definition) is 7. The van der Waals surface area contributed by atoms with E-state index in [0.29, 0.717) is 44.2 Å². The van der Waals surface area contributed by atoms with Gasteiger partial charge in [-0.05, 0) is 36.2 Å². The molecule has 1 aliphatic rings. The minimum Gasteiger partial charge on any atom is -0.379 e. The minimum atomic E-state index is -3.52. The number of hydrogen-bond donors (Lipinski definition) is 2. The Balaban J connectivity index is 1.31. The molecule has 1 aliphatic heterocycles. The van der Waals surface area contributed by atoms with Gasteiger partial charge in [0.05, 0.1) is 18.1 Å². The number of benzene rings is 1. The van der Waals surface area contributed by atoms with E-state index in [-0.39, 0.29) is 23.2 Å². The Bertz CT molecular complexity index is 1130. The lowest BCUT2D eigenvalue weighted by molar-refractivity contribution is -0.116. The molecular formula is C20H22N6O4S. The fourth-order valence-electron chi connectivity index (χ4n) is 3.14. The largest absolute Gasteiger partial charge is 0.379 e. The Hall–Kier alpha value is -3.15. The second-order valence-electron chi connectivity index (χ2n) is 6.93. The average Bonchev–Trinajstić information content (AvgIpc) is 3.27. The first-order valence-electron chi connectivity index (χ1n) is 9.83. The minimum absolute atomic E-state index is 0.178. The van der Waals surface area contributed by atoms with Crippen LogP contribution in [0.5, 0.6) is 0 Å². The molecule has 0 bridgehead atoms. The van der Waals surface area contributed by atoms with Crippen molar-refractivity contribution in [2.75, 3.05) is 31.6 Å². The van der Waals surface area contributed by atoms with Crippen LogP contribution in [0, 0.1) is 0 Å². The molecule has 1 aromatic carbocycles. The third kappa shape index (κ3) is 5.13. The Labute approximate surface area is 179 Å². The number of sulfonamides is 1. The maximum Gasteiger partial charge on any atom is 0.249 e. The summed E-state index contributed by atoms with van der Waals surface area (Å²) >= 11 is 0. The Morgan fingerprint density at radius 2 is 1.90 bits per heavy atom. The van der Waals surface area contributed by atoms with E-state index in [1.165, 1.54) is 4.31 Å². The number of carbonyl (C=O) groups excluding carboxylic acids is 1. The van der Waals surface area contributed by atoms with Crippen LogP contribution in [-0.4, -0.2) is 65.1 Å². The number of rotatable bonds is 7. The van der Waals surface area contributed by atoms with E-state index in [1.807, 2.05) is 6.07 Å². The molecule has 0 saturated carbocycles. The second-order valence-corrected chi connectivity index (χ2v) is 8.87. The van der Waals surface area contributed by atoms with Crippen molar-refractivity contribution in [2.24, 2.45) is 0 Å². The summed E-state index contributed by atoms with van der Waals surface area (Å²) in [5, 5.41) is 9.37. The number of aromatic nitrogens is 4. The maximum absolute atomic E-state index is 12.7. The second kappa shape index (κ2) is 9.33. The van der Waals surface area contributed by atoms with Crippen molar-refractivity contribution < 1.29 is 17.9 Å². The van der Waals surface area contributed by atoms with Gasteiger partial charge in [0.25, 0.3) is 0 Å². The lowest BCUT2D eigenvalue weighted by Crippen LogP contribution is -2.40. The summed E-state index contributed by atoms with van der Waals surface area (Å²) in [6.07, 6.45) is 2.32. The third-order valence-corrected chi connectivity index (χ3v) is 6.73. The van der Waals surface area contributed by atoms with Gasteiger partial charge in [-0.25, -0.2) is 8.42 Å². The summed E-state index contributed by atoms with van der Waals surface area (Å²) in [6, 6.07) is 12.0. The number of morpholine rings is 1. The first-order chi connectivity index (χ1) is 15.0. The standard InChI is InChI=1S/C20H22N6O4S/c27-18(22-20-23-19(24-25-20)17-3-1-2-10-21-17)9-6-15-4-7-16(8-5-15)31(28,29)26-11-13-30-14-12-26/h1-5,7-8,10H,6,9,11-14H2,(H2,22,23,24,25,27). The van der Waals surface area contributed by atoms with Crippen molar-refractivity contribution in [2.45, 2.75) is 17.7 Å². The molecule has 0 radical (unpaired) electrons. The highest BCUT2D eigenvalue weighted by Gasteiger charge is 2.26. The number of aromatic amines is 1. The van der Waals surface area contributed by atoms with Gasteiger partial charge < -0.3 is 4.74 Å². The van der Waals surface area contributed by atoms with E-state index in [4.69, 9.17) is 4.74 Å². The van der Waals surface area contributed by atoms with Crippen molar-refractivity contribution in [3.05, 3.63) is 54.2 Å². The SMILES string of the molecule is O=C(CCc1ccc(S(=O)(=O)N2CCOCC2)cc1)Nc1n[nH]c(-c2ccccn2)n1. The average molecular weight is 443 g/mol. The van der Waals surface area contributed by atoms with E-state index in [0.717, 1.165) is 5.56 Å². The number of amides is 1. The molecule has 11 heteroatoms. The molecule has 2 aromatic heterocycles. The van der Waals surface area contributed by atoms with Crippen LogP contribution in [0.15, 0.2) is 53.6 Å². The molecule has 31 heavy (non-hydrogen) atoms. The quantitative estimate of drug-likeness (QED) is 0.566. The number of nitrogens with zero attached hydrogens (tertiary/aromatic N) is 4. The molecule has 3 aromatic rings. The van der Waals surface area contributed by atoms with Gasteiger partial charge in [-0.15, -0.1) is 5.10 Å². The van der Waals surface area contributed by atoms with Crippen molar-refractivity contribution in [1.82, 2.24) is 24.5 Å². The van der Waals surface area contributed by atoms with Crippen molar-refractivity contribution in [1.29, 1.82) is 0 Å². The molecule has 0 spiro atoms. The van der Waals surface area contributed by atoms with E-state index in [9.17, 15) is 13.2 Å². The van der Waals surface area contributed by atoms with Crippen molar-refractivity contribution in [3.63, 3.8) is 0 Å². The molecule has 0 aliphatic carbocycles. The van der Waals surface area contributed by atoms with Crippen LogP contribution in [0.25, 0.3) is 11.5 Å². The number of H-pyrrole nitrogens is 1. The predicted octanol–water partition coefficient (Wildman–Crippen LogP) is 1.46. The van der Waals surface area contributed by atoms with Gasteiger partial charge >= 0.3 is 0 Å². The zero-order valence-corrected chi connectivity index (χ0v) is 17.5. The van der Waals surface area contributed by atoms with Gasteiger partial charge in [0.2, 0.25) is 21.9 Å². The van der Waals surface area contributed by atoms with Crippen LogP contribution in [-0.2, 0) is 26.0 Å². The van der Waals surface area contributed by atoms with Crippen LogP contribution in [0.4, 0.5) is 5.95 Å². The summed E-state index contributed by atoms with van der Waals surface area (Å²) in [5.41, 5.74) is 1.49. The number of pyridine rings is 1. The summed E-state index contributed by atoms with van der Waals surface area (Å²) in [5.74, 6) is 0.405. The van der Waals surface area contributed by atoms with Crippen molar-refractivity contribution >= 4 is 21.9 Å². The molecule has 0 atom stereocenters. The van der Waals surface area contributed by atoms with E-state index in [2.05, 4.69) is 25.5 Å². The van der Waals surface area contributed by atoms with E-state index < -0.39 is 10.0 Å². The summed E-state index contributed by atoms with van der Waals surface area (Å²) in [4.78, 5) is 20.9. The van der Waals surface area contributed by atoms with Crippen LogP contribution >= 0.6 is 0 Å². The molecule has 10 nitrogen and oxygen atoms in total. The molecule has 2 N–H and O–H groups in total. The molecular weight excluding hydrogens is 420 g/mol. The van der Waals surface area contributed by atoms with Gasteiger partial charge in [-0.2, -0.15) is 9.29 Å². The van der Waals surface area contributed by atoms with Gasteiger partial charge in [0, 0.05) is 25.7 Å². The first kappa shape index (κ1) is 21.1. The number of ether oxygens (including phenoxy) is 1. The first-order valence-corrected chi connectivity index (χ1v) is 11.3. The molecule has 4 rings (SSSR count). The van der Waals surface area contributed by atoms with E-state index in [1.54, 1.807) is 42.6 Å². The molecule has 1 amide bonds. The number of nitrogens with one attached hydrogen (secondary N) is 2. The lowest BCUT2D eigenvalue weighted by atomic mass is 10.1. The van der Waals surface area contributed by atoms with Gasteiger partial charge in [0.1, 0.15) is 5.69 Å². The van der Waals surface area contributed by atoms with Crippen molar-refractivity contribution in [3.8, 4) is 11.5 Å². The highest BCUT2D eigenvalue weighted by Crippen LogP contribution is 2.18. The number of anilines is 1. The van der Waals surface area contributed by atoms with E-state index >= 15 is 0 Å². The highest BCUT2D eigenvalue weighted by atomic mass is 32.2. The Morgan fingerprint density at radius 1 is 1.13 bits per heavy atom. The summed E-state index contributed by atoms with van der Waals surface area (Å²) in [6.45, 7) is 1.52. The van der Waals surface area contributed by atoms with Crippen LogP contribution < -0.4 is 5.32 Å². The van der Waals surface area contributed by atoms with Gasteiger partial charge in [-0.3, -0.25) is 20.2 Å². The molecule has 3 heterocycles. The lowest BCUT2D eigenvalue weighted by Gasteiger charge is -2.26. The fraction of sp³-hybridized carbons (Fsp3) is 0.300. The van der Waals surface area contributed by atoms with Crippen LogP contribution in [0.2, 0.25) is 0 Å². The smallest absolute Gasteiger partial charge is 0.249 e. The maximum atomic E-state index is 12.7. The van der Waals surface area contributed by atoms with Gasteiger partial charge in [0.15, 0.2) is 5.82 Å². The fourth-order valence-corrected chi connectivity index (χ4v) is 4.55. The normalized spacial score (nSPS) is 15.0. The Kier molecular flexibility index (Phi) is 6.35. The third-order valence-electron chi connectivity index (χ3n) is 4.82. The summed E-state index contributed by atoms with van der Waals surface area (Å²) in [7, 11) is -3.52. The summed E-state index contributed by atoms with van der Waals surface area (Å²) < 4.78 is 32.0. The molecule has 162 valence electrons. The molecule has 0 unspecified atom stereocenters. The van der Waals surface area contributed by atoms with Gasteiger partial charge in [-0.1, -0.05) is 18.2 Å². The molecule has 1 fully saturated rings. The van der Waals surface area contributed by atoms with Crippen LogP contribution in [0.3, 0.4) is 0 Å². The zero-order valence-electron chi connectivity index (χ0n) is 16.7. The molecule has 1 saturated heterocycles. The topological polar surface area (TPSA) is 130 Å². The van der Waals surface area contributed by atoms with Crippen LogP contribution in [0.1, 0.15) is 12.0 Å². The predicted molar refractivity (Wildman–Crippen MR) is 113 cm³/mol. The number of aryl methyl sites for hydroxylation is 1. The number of carbonyl (C=O) groups is 1. The monoisotopic (exact) mass is 442 g/mol.